The Morgan fingerprint density at radius 2 is 2.11 bits per heavy atom. The standard InChI is InChI=1S/C16H20OS/c1-11-5-4-9-16(17,12(11)2)14-7-3-6-13-8-10-18-15(13)14/h3,6-8,10-12,17H,4-5,9H2,1-2H3. The third-order valence-corrected chi connectivity index (χ3v) is 5.73. The largest absolute Gasteiger partial charge is 0.385 e. The lowest BCUT2D eigenvalue weighted by atomic mass is 9.67. The third-order valence-electron chi connectivity index (χ3n) is 4.77. The van der Waals surface area contributed by atoms with Crippen LogP contribution in [0, 0.1) is 11.8 Å². The van der Waals surface area contributed by atoms with Gasteiger partial charge in [0.05, 0.1) is 5.60 Å². The fourth-order valence-electron chi connectivity index (χ4n) is 3.36. The summed E-state index contributed by atoms with van der Waals surface area (Å²) in [7, 11) is 0. The van der Waals surface area contributed by atoms with E-state index in [2.05, 4.69) is 43.5 Å². The molecular formula is C16H20OS. The zero-order chi connectivity index (χ0) is 12.8. The van der Waals surface area contributed by atoms with E-state index in [0.29, 0.717) is 11.8 Å². The molecule has 1 nitrogen and oxygen atoms in total. The number of benzene rings is 1. The van der Waals surface area contributed by atoms with Crippen molar-refractivity contribution < 1.29 is 5.11 Å². The Morgan fingerprint density at radius 3 is 2.94 bits per heavy atom. The van der Waals surface area contributed by atoms with E-state index in [1.54, 1.807) is 11.3 Å². The van der Waals surface area contributed by atoms with E-state index in [9.17, 15) is 5.11 Å². The van der Waals surface area contributed by atoms with Gasteiger partial charge in [0.1, 0.15) is 0 Å². The molecule has 3 rings (SSSR count). The number of rotatable bonds is 1. The van der Waals surface area contributed by atoms with Crippen molar-refractivity contribution in [3.63, 3.8) is 0 Å². The minimum Gasteiger partial charge on any atom is -0.385 e. The van der Waals surface area contributed by atoms with E-state index in [4.69, 9.17) is 0 Å². The zero-order valence-electron chi connectivity index (χ0n) is 11.0. The fraction of sp³-hybridized carbons (Fsp3) is 0.500. The Labute approximate surface area is 112 Å². The topological polar surface area (TPSA) is 20.2 Å². The van der Waals surface area contributed by atoms with Crippen molar-refractivity contribution in [3.05, 3.63) is 35.2 Å². The van der Waals surface area contributed by atoms with Gasteiger partial charge < -0.3 is 5.11 Å². The van der Waals surface area contributed by atoms with Gasteiger partial charge in [0.25, 0.3) is 0 Å². The van der Waals surface area contributed by atoms with Crippen molar-refractivity contribution in [1.29, 1.82) is 0 Å². The van der Waals surface area contributed by atoms with Gasteiger partial charge in [0.2, 0.25) is 0 Å². The Morgan fingerprint density at radius 1 is 1.28 bits per heavy atom. The lowest BCUT2D eigenvalue weighted by Crippen LogP contribution is -2.40. The summed E-state index contributed by atoms with van der Waals surface area (Å²) in [6, 6.07) is 8.47. The molecule has 1 aliphatic rings. The second-order valence-electron chi connectivity index (χ2n) is 5.73. The first-order valence-electron chi connectivity index (χ1n) is 6.82. The van der Waals surface area contributed by atoms with Crippen LogP contribution in [-0.2, 0) is 5.60 Å². The highest BCUT2D eigenvalue weighted by Crippen LogP contribution is 2.47. The predicted molar refractivity (Wildman–Crippen MR) is 77.9 cm³/mol. The quantitative estimate of drug-likeness (QED) is 0.798. The van der Waals surface area contributed by atoms with Crippen molar-refractivity contribution in [2.75, 3.05) is 0 Å². The molecule has 1 aromatic carbocycles. The molecule has 1 heterocycles. The van der Waals surface area contributed by atoms with Crippen LogP contribution in [0.2, 0.25) is 0 Å². The van der Waals surface area contributed by atoms with Crippen molar-refractivity contribution in [2.45, 2.75) is 38.7 Å². The van der Waals surface area contributed by atoms with Crippen LogP contribution < -0.4 is 0 Å². The fourth-order valence-corrected chi connectivity index (χ4v) is 4.35. The molecule has 2 aromatic rings. The van der Waals surface area contributed by atoms with Gasteiger partial charge in [-0.3, -0.25) is 0 Å². The van der Waals surface area contributed by atoms with E-state index < -0.39 is 5.60 Å². The number of hydrogen-bond donors (Lipinski definition) is 1. The third kappa shape index (κ3) is 1.70. The van der Waals surface area contributed by atoms with Gasteiger partial charge in [-0.2, -0.15) is 0 Å². The molecule has 3 atom stereocenters. The van der Waals surface area contributed by atoms with Crippen LogP contribution in [-0.4, -0.2) is 5.11 Å². The van der Waals surface area contributed by atoms with Crippen LogP contribution in [0.1, 0.15) is 38.7 Å². The van der Waals surface area contributed by atoms with Gasteiger partial charge >= 0.3 is 0 Å². The summed E-state index contributed by atoms with van der Waals surface area (Å²) in [6.07, 6.45) is 3.27. The van der Waals surface area contributed by atoms with Crippen LogP contribution >= 0.6 is 11.3 Å². The van der Waals surface area contributed by atoms with Crippen molar-refractivity contribution in [1.82, 2.24) is 0 Å². The molecule has 1 fully saturated rings. The second kappa shape index (κ2) is 4.36. The maximum atomic E-state index is 11.2. The van der Waals surface area contributed by atoms with Crippen LogP contribution in [0.5, 0.6) is 0 Å². The summed E-state index contributed by atoms with van der Waals surface area (Å²) in [5.74, 6) is 0.929. The first kappa shape index (κ1) is 12.2. The van der Waals surface area contributed by atoms with E-state index in [-0.39, 0.29) is 0 Å². The highest BCUT2D eigenvalue weighted by atomic mass is 32.1. The minimum absolute atomic E-state index is 0.332. The summed E-state index contributed by atoms with van der Waals surface area (Å²) in [5.41, 5.74) is 0.510. The molecule has 1 aromatic heterocycles. The van der Waals surface area contributed by atoms with Gasteiger partial charge in [-0.1, -0.05) is 38.5 Å². The van der Waals surface area contributed by atoms with E-state index in [0.717, 1.165) is 18.4 Å². The summed E-state index contributed by atoms with van der Waals surface area (Å²) in [6.45, 7) is 4.47. The minimum atomic E-state index is -0.637. The maximum absolute atomic E-state index is 11.2. The molecule has 0 saturated heterocycles. The normalized spacial score (nSPS) is 32.8. The van der Waals surface area contributed by atoms with Gasteiger partial charge in [0.15, 0.2) is 0 Å². The first-order chi connectivity index (χ1) is 8.63. The van der Waals surface area contributed by atoms with Crippen LogP contribution in [0.15, 0.2) is 29.6 Å². The van der Waals surface area contributed by atoms with E-state index in [1.165, 1.54) is 16.5 Å². The molecule has 0 spiro atoms. The van der Waals surface area contributed by atoms with Gasteiger partial charge in [-0.15, -0.1) is 11.3 Å². The number of fused-ring (bicyclic) bond motifs is 1. The summed E-state index contributed by atoms with van der Waals surface area (Å²) in [5, 5.41) is 14.6. The highest BCUT2D eigenvalue weighted by molar-refractivity contribution is 7.17. The molecular weight excluding hydrogens is 240 g/mol. The molecule has 0 amide bonds. The summed E-state index contributed by atoms with van der Waals surface area (Å²) in [4.78, 5) is 0. The monoisotopic (exact) mass is 260 g/mol. The maximum Gasteiger partial charge on any atom is 0.0938 e. The molecule has 3 unspecified atom stereocenters. The van der Waals surface area contributed by atoms with Crippen LogP contribution in [0.25, 0.3) is 10.1 Å². The highest BCUT2D eigenvalue weighted by Gasteiger charge is 2.42. The first-order valence-corrected chi connectivity index (χ1v) is 7.70. The van der Waals surface area contributed by atoms with Crippen molar-refractivity contribution in [3.8, 4) is 0 Å². The average Bonchev–Trinajstić information content (AvgIpc) is 2.83. The molecule has 0 aliphatic heterocycles. The predicted octanol–water partition coefficient (Wildman–Crippen LogP) is 4.55. The summed E-state index contributed by atoms with van der Waals surface area (Å²) >= 11 is 1.75. The number of hydrogen-bond acceptors (Lipinski definition) is 2. The Hall–Kier alpha value is -0.860. The second-order valence-corrected chi connectivity index (χ2v) is 6.64. The molecule has 96 valence electrons. The molecule has 1 N–H and O–H groups in total. The SMILES string of the molecule is CC1CCCC(O)(c2cccc3ccsc23)C1C. The van der Waals surface area contributed by atoms with Crippen LogP contribution in [0.3, 0.4) is 0 Å². The zero-order valence-corrected chi connectivity index (χ0v) is 11.8. The Bertz CT molecular complexity index is 559. The van der Waals surface area contributed by atoms with E-state index in [1.807, 2.05) is 0 Å². The van der Waals surface area contributed by atoms with Crippen LogP contribution in [0.4, 0.5) is 0 Å². The smallest absolute Gasteiger partial charge is 0.0938 e. The molecule has 1 aliphatic carbocycles. The van der Waals surface area contributed by atoms with E-state index >= 15 is 0 Å². The van der Waals surface area contributed by atoms with Gasteiger partial charge in [0, 0.05) is 10.3 Å². The molecule has 0 bridgehead atoms. The number of thiophene rings is 1. The van der Waals surface area contributed by atoms with Gasteiger partial charge in [-0.25, -0.2) is 0 Å². The lowest BCUT2D eigenvalue weighted by Gasteiger charge is -2.42. The number of aliphatic hydroxyl groups is 1. The summed E-state index contributed by atoms with van der Waals surface area (Å²) < 4.78 is 1.26. The Kier molecular flexibility index (Phi) is 2.95. The molecule has 18 heavy (non-hydrogen) atoms. The molecule has 1 saturated carbocycles. The van der Waals surface area contributed by atoms with Gasteiger partial charge in [-0.05, 0) is 41.5 Å². The lowest BCUT2D eigenvalue weighted by molar-refractivity contribution is -0.0675. The van der Waals surface area contributed by atoms with Crippen molar-refractivity contribution >= 4 is 21.4 Å². The average molecular weight is 260 g/mol. The Balaban J connectivity index is 2.15. The molecule has 0 radical (unpaired) electrons. The van der Waals surface area contributed by atoms with Crippen molar-refractivity contribution in [2.24, 2.45) is 11.8 Å². The molecule has 2 heteroatoms.